The highest BCUT2D eigenvalue weighted by molar-refractivity contribution is 5.79. The zero-order chi connectivity index (χ0) is 22.8. The second kappa shape index (κ2) is 11.6. The summed E-state index contributed by atoms with van der Waals surface area (Å²) in [5.41, 5.74) is 3.28. The molecule has 1 heterocycles. The number of aromatic nitrogens is 2. The Labute approximate surface area is 189 Å². The van der Waals surface area contributed by atoms with Gasteiger partial charge < -0.3 is 24.8 Å². The normalized spacial score (nSPS) is 11.2. The minimum absolute atomic E-state index is 0.678. The number of hydrogen-bond acceptors (Lipinski definition) is 5. The number of benzene rings is 2. The Bertz CT molecular complexity index is 976. The van der Waals surface area contributed by atoms with E-state index in [0.717, 1.165) is 41.7 Å². The number of hydrogen-bond donors (Lipinski definition) is 2. The fourth-order valence-electron chi connectivity index (χ4n) is 3.41. The second-order valence-corrected chi connectivity index (χ2v) is 7.05. The van der Waals surface area contributed by atoms with Crippen molar-refractivity contribution in [1.82, 2.24) is 20.4 Å². The van der Waals surface area contributed by atoms with Gasteiger partial charge in [0, 0.05) is 50.2 Å². The first-order chi connectivity index (χ1) is 15.7. The topological polar surface area (TPSA) is 81.9 Å². The van der Waals surface area contributed by atoms with Crippen LogP contribution in [0.3, 0.4) is 0 Å². The van der Waals surface area contributed by atoms with E-state index < -0.39 is 0 Å². The molecule has 0 atom stereocenters. The van der Waals surface area contributed by atoms with E-state index in [4.69, 9.17) is 14.2 Å². The molecular weight excluding hydrogens is 406 g/mol. The molecule has 8 heteroatoms. The van der Waals surface area contributed by atoms with Crippen molar-refractivity contribution in [3.05, 3.63) is 66.0 Å². The maximum atomic E-state index is 5.52. The van der Waals surface area contributed by atoms with Gasteiger partial charge in [-0.3, -0.25) is 4.99 Å². The fourth-order valence-corrected chi connectivity index (χ4v) is 3.41. The summed E-state index contributed by atoms with van der Waals surface area (Å²) in [5.74, 6) is 2.93. The summed E-state index contributed by atoms with van der Waals surface area (Å²) < 4.78 is 18.2. The average Bonchev–Trinajstić information content (AvgIpc) is 3.38. The lowest BCUT2D eigenvalue weighted by Crippen LogP contribution is -2.39. The van der Waals surface area contributed by atoms with Gasteiger partial charge in [0.25, 0.3) is 0 Å². The number of ether oxygens (including phenoxy) is 3. The average molecular weight is 438 g/mol. The van der Waals surface area contributed by atoms with E-state index in [1.54, 1.807) is 34.6 Å². The van der Waals surface area contributed by atoms with E-state index in [1.807, 2.05) is 29.1 Å². The van der Waals surface area contributed by atoms with E-state index >= 15 is 0 Å². The van der Waals surface area contributed by atoms with Gasteiger partial charge >= 0.3 is 0 Å². The van der Waals surface area contributed by atoms with Crippen LogP contribution in [0.4, 0.5) is 0 Å². The standard InChI is InChI=1S/C24H31N5O3/c1-25-24(26-13-10-18-6-8-19(9-7-18)29-15-5-12-28-29)27-14-11-21-22(31-3)16-20(30-2)17-23(21)32-4/h5-9,12,15-17H,10-11,13-14H2,1-4H3,(H2,25,26,27). The predicted octanol–water partition coefficient (Wildman–Crippen LogP) is 2.85. The van der Waals surface area contributed by atoms with E-state index in [1.165, 1.54) is 5.56 Å². The Kier molecular flexibility index (Phi) is 8.36. The summed E-state index contributed by atoms with van der Waals surface area (Å²) in [5, 5.41) is 11.0. The van der Waals surface area contributed by atoms with Crippen molar-refractivity contribution >= 4 is 5.96 Å². The highest BCUT2D eigenvalue weighted by Crippen LogP contribution is 2.34. The van der Waals surface area contributed by atoms with Gasteiger partial charge in [-0.25, -0.2) is 4.68 Å². The van der Waals surface area contributed by atoms with Crippen molar-refractivity contribution in [2.24, 2.45) is 4.99 Å². The third kappa shape index (κ3) is 5.94. The SMILES string of the molecule is CN=C(NCCc1ccc(-n2cccn2)cc1)NCCc1c(OC)cc(OC)cc1OC. The summed E-state index contributed by atoms with van der Waals surface area (Å²) in [6, 6.07) is 14.0. The molecular formula is C24H31N5O3. The van der Waals surface area contributed by atoms with Crippen LogP contribution in [0.1, 0.15) is 11.1 Å². The van der Waals surface area contributed by atoms with Crippen molar-refractivity contribution in [2.75, 3.05) is 41.5 Å². The van der Waals surface area contributed by atoms with E-state index in [9.17, 15) is 0 Å². The van der Waals surface area contributed by atoms with Gasteiger partial charge in [0.15, 0.2) is 5.96 Å². The van der Waals surface area contributed by atoms with Gasteiger partial charge in [0.05, 0.1) is 27.0 Å². The molecule has 0 aliphatic rings. The maximum Gasteiger partial charge on any atom is 0.190 e. The van der Waals surface area contributed by atoms with Crippen molar-refractivity contribution in [2.45, 2.75) is 12.8 Å². The zero-order valence-corrected chi connectivity index (χ0v) is 19.1. The highest BCUT2D eigenvalue weighted by atomic mass is 16.5. The molecule has 0 saturated carbocycles. The monoisotopic (exact) mass is 437 g/mol. The zero-order valence-electron chi connectivity index (χ0n) is 19.1. The Morgan fingerprint density at radius 1 is 0.938 bits per heavy atom. The first-order valence-electron chi connectivity index (χ1n) is 10.5. The molecule has 2 aromatic carbocycles. The molecule has 8 nitrogen and oxygen atoms in total. The molecule has 0 aliphatic heterocycles. The molecule has 0 saturated heterocycles. The molecule has 0 bridgehead atoms. The summed E-state index contributed by atoms with van der Waals surface area (Å²) in [7, 11) is 6.68. The number of guanidine groups is 1. The second-order valence-electron chi connectivity index (χ2n) is 7.05. The van der Waals surface area contributed by atoms with Crippen molar-refractivity contribution < 1.29 is 14.2 Å². The number of aliphatic imine (C=N–C) groups is 1. The van der Waals surface area contributed by atoms with Crippen LogP contribution in [-0.2, 0) is 12.8 Å². The number of methoxy groups -OCH3 is 3. The molecule has 0 aliphatic carbocycles. The third-order valence-corrected chi connectivity index (χ3v) is 5.12. The summed E-state index contributed by atoms with van der Waals surface area (Å²) in [4.78, 5) is 4.31. The quantitative estimate of drug-likeness (QED) is 0.375. The molecule has 2 N–H and O–H groups in total. The fraction of sp³-hybridized carbons (Fsp3) is 0.333. The van der Waals surface area contributed by atoms with Gasteiger partial charge in [-0.2, -0.15) is 5.10 Å². The van der Waals surface area contributed by atoms with Crippen molar-refractivity contribution in [3.63, 3.8) is 0 Å². The van der Waals surface area contributed by atoms with Crippen LogP contribution in [0.25, 0.3) is 5.69 Å². The Balaban J connectivity index is 1.48. The molecule has 0 spiro atoms. The van der Waals surface area contributed by atoms with E-state index in [0.29, 0.717) is 18.7 Å². The highest BCUT2D eigenvalue weighted by Gasteiger charge is 2.13. The summed E-state index contributed by atoms with van der Waals surface area (Å²) >= 11 is 0. The molecule has 0 fully saturated rings. The van der Waals surface area contributed by atoms with Crippen LogP contribution in [0.2, 0.25) is 0 Å². The molecule has 32 heavy (non-hydrogen) atoms. The Hall–Kier alpha value is -3.68. The molecule has 3 rings (SSSR count). The molecule has 1 aromatic heterocycles. The number of nitrogens with zero attached hydrogens (tertiary/aromatic N) is 3. The van der Waals surface area contributed by atoms with Crippen LogP contribution < -0.4 is 24.8 Å². The number of nitrogens with one attached hydrogen (secondary N) is 2. The van der Waals surface area contributed by atoms with Crippen LogP contribution in [-0.4, -0.2) is 57.2 Å². The minimum Gasteiger partial charge on any atom is -0.496 e. The van der Waals surface area contributed by atoms with Gasteiger partial charge in [0.2, 0.25) is 0 Å². The third-order valence-electron chi connectivity index (χ3n) is 5.12. The molecule has 170 valence electrons. The Morgan fingerprint density at radius 2 is 1.59 bits per heavy atom. The molecule has 0 amide bonds. The largest absolute Gasteiger partial charge is 0.496 e. The predicted molar refractivity (Wildman–Crippen MR) is 126 cm³/mol. The smallest absolute Gasteiger partial charge is 0.190 e. The first-order valence-corrected chi connectivity index (χ1v) is 10.5. The van der Waals surface area contributed by atoms with Crippen molar-refractivity contribution in [3.8, 4) is 22.9 Å². The molecule has 0 radical (unpaired) electrons. The summed E-state index contributed by atoms with van der Waals surface area (Å²) in [6.45, 7) is 1.45. The minimum atomic E-state index is 0.678. The van der Waals surface area contributed by atoms with Gasteiger partial charge in [-0.05, 0) is 36.6 Å². The lowest BCUT2D eigenvalue weighted by atomic mass is 10.1. The van der Waals surface area contributed by atoms with E-state index in [-0.39, 0.29) is 0 Å². The molecule has 3 aromatic rings. The van der Waals surface area contributed by atoms with Crippen molar-refractivity contribution in [1.29, 1.82) is 0 Å². The van der Waals surface area contributed by atoms with Crippen LogP contribution >= 0.6 is 0 Å². The van der Waals surface area contributed by atoms with Crippen LogP contribution in [0.15, 0.2) is 59.9 Å². The first kappa shape index (κ1) is 23.0. The van der Waals surface area contributed by atoms with E-state index in [2.05, 4.69) is 45.0 Å². The maximum absolute atomic E-state index is 5.52. The Morgan fingerprint density at radius 3 is 2.12 bits per heavy atom. The lowest BCUT2D eigenvalue weighted by molar-refractivity contribution is 0.368. The van der Waals surface area contributed by atoms with Crippen LogP contribution in [0, 0.1) is 0 Å². The van der Waals surface area contributed by atoms with Crippen LogP contribution in [0.5, 0.6) is 17.2 Å². The lowest BCUT2D eigenvalue weighted by Gasteiger charge is -2.16. The molecule has 0 unspecified atom stereocenters. The summed E-state index contributed by atoms with van der Waals surface area (Å²) in [6.07, 6.45) is 5.31. The number of rotatable bonds is 10. The van der Waals surface area contributed by atoms with Gasteiger partial charge in [-0.1, -0.05) is 12.1 Å². The van der Waals surface area contributed by atoms with Gasteiger partial charge in [0.1, 0.15) is 17.2 Å². The van der Waals surface area contributed by atoms with Gasteiger partial charge in [-0.15, -0.1) is 0 Å².